The van der Waals surface area contributed by atoms with Gasteiger partial charge in [-0.25, -0.2) is 0 Å². The molecule has 0 spiro atoms. The van der Waals surface area contributed by atoms with Crippen LogP contribution in [0.15, 0.2) is 303 Å². The topological polar surface area (TPSA) is 8.17 Å². The Morgan fingerprint density at radius 2 is 0.649 bits per heavy atom. The molecule has 0 radical (unpaired) electrons. The van der Waals surface area contributed by atoms with Crippen molar-refractivity contribution in [1.29, 1.82) is 0 Å². The molecule has 1 aromatic heterocycles. The number of aromatic nitrogens is 1. The van der Waals surface area contributed by atoms with Gasteiger partial charge in [-0.2, -0.15) is 0 Å². The van der Waals surface area contributed by atoms with Crippen LogP contribution in [0, 0.1) is 0 Å². The molecule has 13 aromatic rings. The van der Waals surface area contributed by atoms with Crippen LogP contribution in [0.25, 0.3) is 105 Å². The fraction of sp³-hybridized carbons (Fsp3) is 0. The van der Waals surface area contributed by atoms with Gasteiger partial charge in [0.2, 0.25) is 0 Å². The second-order valence-electron chi connectivity index (χ2n) is 18.8. The van der Waals surface area contributed by atoms with Gasteiger partial charge in [0.05, 0.1) is 16.7 Å². The van der Waals surface area contributed by atoms with E-state index in [-0.39, 0.29) is 0 Å². The van der Waals surface area contributed by atoms with Crippen molar-refractivity contribution in [1.82, 2.24) is 4.57 Å². The minimum absolute atomic E-state index is 1.05. The molecular weight excluding hydrogens is 893 g/mol. The summed E-state index contributed by atoms with van der Waals surface area (Å²) >= 11 is 0. The quantitative estimate of drug-likeness (QED) is 0.125. The largest absolute Gasteiger partial charge is 0.310 e. The van der Waals surface area contributed by atoms with Crippen LogP contribution in [0.2, 0.25) is 0 Å². The molecule has 0 unspecified atom stereocenters. The molecule has 2 heteroatoms. The number of nitrogens with zero attached hydrogens (tertiary/aromatic N) is 2. The van der Waals surface area contributed by atoms with Crippen molar-refractivity contribution in [2.24, 2.45) is 0 Å². The average molecular weight is 943 g/mol. The summed E-state index contributed by atoms with van der Waals surface area (Å²) in [5, 5.41) is 2.46. The summed E-state index contributed by atoms with van der Waals surface area (Å²) in [6, 6.07) is 110. The zero-order valence-electron chi connectivity index (χ0n) is 40.8. The minimum atomic E-state index is 1.05. The number of fused-ring (bicyclic) bond motifs is 3. The predicted octanol–water partition coefficient (Wildman–Crippen LogP) is 19.9. The van der Waals surface area contributed by atoms with E-state index < -0.39 is 0 Å². The van der Waals surface area contributed by atoms with Gasteiger partial charge in [0.15, 0.2) is 0 Å². The van der Waals surface area contributed by atoms with E-state index in [1.165, 1.54) is 71.9 Å². The maximum atomic E-state index is 2.46. The monoisotopic (exact) mass is 942 g/mol. The Labute approximate surface area is 433 Å². The molecular formula is C72H50N2. The first-order valence-electron chi connectivity index (χ1n) is 25.4. The van der Waals surface area contributed by atoms with Crippen molar-refractivity contribution in [3.8, 4) is 83.6 Å². The molecule has 0 fully saturated rings. The Morgan fingerprint density at radius 1 is 0.243 bits per heavy atom. The summed E-state index contributed by atoms with van der Waals surface area (Å²) in [5.74, 6) is 0. The summed E-state index contributed by atoms with van der Waals surface area (Å²) in [5.41, 5.74) is 23.1. The number of rotatable bonds is 11. The van der Waals surface area contributed by atoms with E-state index in [0.29, 0.717) is 0 Å². The molecule has 0 aliphatic carbocycles. The van der Waals surface area contributed by atoms with Crippen LogP contribution in [0.3, 0.4) is 0 Å². The van der Waals surface area contributed by atoms with Crippen molar-refractivity contribution in [3.05, 3.63) is 303 Å². The van der Waals surface area contributed by atoms with Gasteiger partial charge >= 0.3 is 0 Å². The molecule has 12 aromatic carbocycles. The van der Waals surface area contributed by atoms with E-state index >= 15 is 0 Å². The van der Waals surface area contributed by atoms with Gasteiger partial charge in [-0.15, -0.1) is 0 Å². The van der Waals surface area contributed by atoms with Crippen LogP contribution in [0.5, 0.6) is 0 Å². The van der Waals surface area contributed by atoms with Gasteiger partial charge in [0.25, 0.3) is 0 Å². The Kier molecular flexibility index (Phi) is 11.6. The lowest BCUT2D eigenvalue weighted by atomic mass is 9.84. The summed E-state index contributed by atoms with van der Waals surface area (Å²) in [4.78, 5) is 2.46. The molecule has 0 bridgehead atoms. The third kappa shape index (κ3) is 8.15. The first-order chi connectivity index (χ1) is 36.7. The summed E-state index contributed by atoms with van der Waals surface area (Å²) < 4.78 is 2.40. The van der Waals surface area contributed by atoms with Crippen molar-refractivity contribution >= 4 is 38.9 Å². The molecule has 348 valence electrons. The smallest absolute Gasteiger partial charge is 0.0547 e. The van der Waals surface area contributed by atoms with E-state index in [1.54, 1.807) is 0 Å². The SMILES string of the molecule is c1ccc(-c2ccc(-c3ccccc3N(c3cccc(-c4cccc(-c5ccccc5)c4-c4ccccc4-c4ccccc4)c3)c3cccc(-c4cccc5c4c4ccccc4n5-c4ccccc4)c3)cc2)cc1. The Bertz CT molecular complexity index is 4100. The standard InChI is InChI=1S/C72H50N2/c1-5-23-51(24-6-1)52-45-47-55(48-46-52)62-36-15-17-42-68(62)73(60-34-20-30-57(50-60)65-41-22-44-70-72(65)67-38-16-18-43-69(67)74(70)58-31-11-4-12-32-58)59-33-19-29-56(49-59)64-40-21-39-63(54-27-9-3-10-28-54)71(64)66-37-14-13-35-61(66)53-25-7-2-8-26-53/h1-50H. The maximum absolute atomic E-state index is 2.46. The summed E-state index contributed by atoms with van der Waals surface area (Å²) in [6.45, 7) is 0. The fourth-order valence-electron chi connectivity index (χ4n) is 11.1. The molecule has 74 heavy (non-hydrogen) atoms. The molecule has 0 N–H and O–H groups in total. The van der Waals surface area contributed by atoms with Crippen LogP contribution in [0.4, 0.5) is 17.1 Å². The van der Waals surface area contributed by atoms with Crippen molar-refractivity contribution < 1.29 is 0 Å². The molecule has 1 heterocycles. The van der Waals surface area contributed by atoms with Gasteiger partial charge in [0.1, 0.15) is 0 Å². The number of benzene rings is 12. The minimum Gasteiger partial charge on any atom is -0.310 e. The lowest BCUT2D eigenvalue weighted by Gasteiger charge is -2.29. The number of para-hydroxylation sites is 3. The average Bonchev–Trinajstić information content (AvgIpc) is 3.83. The van der Waals surface area contributed by atoms with Gasteiger partial charge < -0.3 is 9.47 Å². The summed E-state index contributed by atoms with van der Waals surface area (Å²) in [6.07, 6.45) is 0. The molecule has 0 aliphatic rings. The first kappa shape index (κ1) is 44.2. The number of hydrogen-bond acceptors (Lipinski definition) is 1. The molecule has 0 atom stereocenters. The van der Waals surface area contributed by atoms with Crippen LogP contribution < -0.4 is 4.90 Å². The first-order valence-corrected chi connectivity index (χ1v) is 25.4. The molecule has 0 aliphatic heterocycles. The van der Waals surface area contributed by atoms with Gasteiger partial charge in [-0.1, -0.05) is 249 Å². The van der Waals surface area contributed by atoms with E-state index in [9.17, 15) is 0 Å². The maximum Gasteiger partial charge on any atom is 0.0547 e. The molecule has 0 saturated heterocycles. The third-order valence-electron chi connectivity index (χ3n) is 14.4. The lowest BCUT2D eigenvalue weighted by molar-refractivity contribution is 1.18. The predicted molar refractivity (Wildman–Crippen MR) is 314 cm³/mol. The van der Waals surface area contributed by atoms with Crippen LogP contribution in [-0.4, -0.2) is 4.57 Å². The molecule has 0 amide bonds. The number of anilines is 3. The fourth-order valence-corrected chi connectivity index (χ4v) is 11.1. The molecule has 13 rings (SSSR count). The normalized spacial score (nSPS) is 11.2. The van der Waals surface area contributed by atoms with Gasteiger partial charge in [-0.3, -0.25) is 0 Å². The van der Waals surface area contributed by atoms with E-state index in [2.05, 4.69) is 313 Å². The zero-order chi connectivity index (χ0) is 49.2. The highest BCUT2D eigenvalue weighted by molar-refractivity contribution is 6.16. The van der Waals surface area contributed by atoms with Crippen LogP contribution in [-0.2, 0) is 0 Å². The van der Waals surface area contributed by atoms with Crippen molar-refractivity contribution in [3.63, 3.8) is 0 Å². The molecule has 0 saturated carbocycles. The van der Waals surface area contributed by atoms with Crippen molar-refractivity contribution in [2.75, 3.05) is 4.90 Å². The van der Waals surface area contributed by atoms with E-state index in [0.717, 1.165) is 50.6 Å². The second kappa shape index (κ2) is 19.4. The van der Waals surface area contributed by atoms with Crippen molar-refractivity contribution in [2.45, 2.75) is 0 Å². The van der Waals surface area contributed by atoms with E-state index in [4.69, 9.17) is 0 Å². The zero-order valence-corrected chi connectivity index (χ0v) is 40.8. The highest BCUT2D eigenvalue weighted by Gasteiger charge is 2.23. The Balaban J connectivity index is 1.02. The summed E-state index contributed by atoms with van der Waals surface area (Å²) in [7, 11) is 0. The van der Waals surface area contributed by atoms with E-state index in [1.807, 2.05) is 0 Å². The van der Waals surface area contributed by atoms with Crippen LogP contribution >= 0.6 is 0 Å². The second-order valence-corrected chi connectivity index (χ2v) is 18.8. The Hall–Kier alpha value is -9.76. The number of hydrogen-bond donors (Lipinski definition) is 0. The molecule has 2 nitrogen and oxygen atoms in total. The lowest BCUT2D eigenvalue weighted by Crippen LogP contribution is -2.11. The third-order valence-corrected chi connectivity index (χ3v) is 14.4. The van der Waals surface area contributed by atoms with Gasteiger partial charge in [-0.05, 0) is 127 Å². The Morgan fingerprint density at radius 3 is 1.32 bits per heavy atom. The highest BCUT2D eigenvalue weighted by atomic mass is 15.1. The highest BCUT2D eigenvalue weighted by Crippen LogP contribution is 2.48. The van der Waals surface area contributed by atoms with Gasteiger partial charge in [0, 0.05) is 33.4 Å². The van der Waals surface area contributed by atoms with Crippen LogP contribution in [0.1, 0.15) is 0 Å².